The van der Waals surface area contributed by atoms with Crippen molar-refractivity contribution in [3.8, 4) is 0 Å². The number of nitrogens with zero attached hydrogens (tertiary/aromatic N) is 4. The van der Waals surface area contributed by atoms with Gasteiger partial charge in [-0.25, -0.2) is 0 Å². The van der Waals surface area contributed by atoms with Gasteiger partial charge in [-0.3, -0.25) is 24.8 Å². The summed E-state index contributed by atoms with van der Waals surface area (Å²) in [7, 11) is 0. The first-order valence-corrected chi connectivity index (χ1v) is 8.24. The van der Waals surface area contributed by atoms with Crippen LogP contribution in [0, 0.1) is 10.1 Å². The number of hydrogen-bond donors (Lipinski definition) is 0. The maximum Gasteiger partial charge on any atom is 0.269 e. The van der Waals surface area contributed by atoms with Gasteiger partial charge in [-0.15, -0.1) is 0 Å². The molecule has 0 bridgehead atoms. The molecule has 7 heteroatoms. The molecule has 1 atom stereocenters. The van der Waals surface area contributed by atoms with E-state index in [2.05, 4.69) is 22.9 Å². The van der Waals surface area contributed by atoms with E-state index in [4.69, 9.17) is 0 Å². The number of carbonyl (C=O) groups is 1. The van der Waals surface area contributed by atoms with Crippen molar-refractivity contribution in [2.45, 2.75) is 13.0 Å². The average molecular weight is 340 g/mol. The lowest BCUT2D eigenvalue weighted by Crippen LogP contribution is -2.49. The smallest absolute Gasteiger partial charge is 0.269 e. The van der Waals surface area contributed by atoms with Crippen LogP contribution >= 0.6 is 0 Å². The molecule has 1 fully saturated rings. The van der Waals surface area contributed by atoms with Crippen LogP contribution in [0.3, 0.4) is 0 Å². The van der Waals surface area contributed by atoms with Crippen LogP contribution in [-0.4, -0.2) is 51.8 Å². The maximum absolute atomic E-state index is 12.6. The van der Waals surface area contributed by atoms with Crippen LogP contribution in [-0.2, 0) is 0 Å². The minimum absolute atomic E-state index is 0.00772. The van der Waals surface area contributed by atoms with Crippen LogP contribution in [0.25, 0.3) is 0 Å². The minimum atomic E-state index is -0.465. The lowest BCUT2D eigenvalue weighted by molar-refractivity contribution is -0.384. The first-order valence-electron chi connectivity index (χ1n) is 8.24. The van der Waals surface area contributed by atoms with E-state index >= 15 is 0 Å². The molecule has 1 aliphatic heterocycles. The molecule has 25 heavy (non-hydrogen) atoms. The van der Waals surface area contributed by atoms with E-state index in [0.29, 0.717) is 18.7 Å². The van der Waals surface area contributed by atoms with E-state index in [0.717, 1.165) is 18.7 Å². The average Bonchev–Trinajstić information content (AvgIpc) is 2.67. The largest absolute Gasteiger partial charge is 0.336 e. The topological polar surface area (TPSA) is 79.6 Å². The molecule has 1 amide bonds. The summed E-state index contributed by atoms with van der Waals surface area (Å²) < 4.78 is 0. The molecule has 130 valence electrons. The molecule has 0 spiro atoms. The SMILES string of the molecule is CC(c1cccnc1)N1CCN(C(=O)c2ccc([N+](=O)[O-])cc2)CC1. The Morgan fingerprint density at radius 1 is 1.16 bits per heavy atom. The maximum atomic E-state index is 12.6. The normalized spacial score (nSPS) is 16.4. The molecular weight excluding hydrogens is 320 g/mol. The summed E-state index contributed by atoms with van der Waals surface area (Å²) >= 11 is 0. The summed E-state index contributed by atoms with van der Waals surface area (Å²) in [4.78, 5) is 31.1. The predicted molar refractivity (Wildman–Crippen MR) is 93.2 cm³/mol. The van der Waals surface area contributed by atoms with Crippen LogP contribution in [0.1, 0.15) is 28.9 Å². The third kappa shape index (κ3) is 3.83. The molecule has 3 rings (SSSR count). The second kappa shape index (κ2) is 7.40. The highest BCUT2D eigenvalue weighted by molar-refractivity contribution is 5.94. The zero-order valence-corrected chi connectivity index (χ0v) is 14.0. The van der Waals surface area contributed by atoms with Crippen LogP contribution in [0.5, 0.6) is 0 Å². The quantitative estimate of drug-likeness (QED) is 0.631. The standard InChI is InChI=1S/C18H20N4O3/c1-14(16-3-2-8-19-13-16)20-9-11-21(12-10-20)18(23)15-4-6-17(7-5-15)22(24)25/h2-8,13-14H,9-12H2,1H3. The van der Waals surface area contributed by atoms with Crippen LogP contribution in [0.2, 0.25) is 0 Å². The Kier molecular flexibility index (Phi) is 5.04. The van der Waals surface area contributed by atoms with Gasteiger partial charge in [0.05, 0.1) is 4.92 Å². The van der Waals surface area contributed by atoms with Gasteiger partial charge in [0.15, 0.2) is 0 Å². The summed E-state index contributed by atoms with van der Waals surface area (Å²) in [6, 6.07) is 10.0. The number of nitro benzene ring substituents is 1. The van der Waals surface area contributed by atoms with Crippen LogP contribution in [0.15, 0.2) is 48.8 Å². The molecule has 1 saturated heterocycles. The van der Waals surface area contributed by atoms with Gasteiger partial charge in [0.1, 0.15) is 0 Å². The number of hydrogen-bond acceptors (Lipinski definition) is 5. The Morgan fingerprint density at radius 2 is 1.84 bits per heavy atom. The van der Waals surface area contributed by atoms with E-state index < -0.39 is 4.92 Å². The summed E-state index contributed by atoms with van der Waals surface area (Å²) in [5.41, 5.74) is 1.64. The van der Waals surface area contributed by atoms with Crippen molar-refractivity contribution in [3.63, 3.8) is 0 Å². The third-order valence-electron chi connectivity index (χ3n) is 4.64. The molecule has 1 unspecified atom stereocenters. The van der Waals surface area contributed by atoms with Gasteiger partial charge in [-0.1, -0.05) is 6.07 Å². The van der Waals surface area contributed by atoms with Crippen molar-refractivity contribution in [1.29, 1.82) is 0 Å². The van der Waals surface area contributed by atoms with Crippen molar-refractivity contribution in [2.75, 3.05) is 26.2 Å². The van der Waals surface area contributed by atoms with Gasteiger partial charge in [0, 0.05) is 62.3 Å². The Balaban J connectivity index is 1.60. The van der Waals surface area contributed by atoms with Crippen molar-refractivity contribution < 1.29 is 9.72 Å². The van der Waals surface area contributed by atoms with E-state index in [1.54, 1.807) is 11.1 Å². The number of benzene rings is 1. The summed E-state index contributed by atoms with van der Waals surface area (Å²) in [6.45, 7) is 5.00. The van der Waals surface area contributed by atoms with Crippen molar-refractivity contribution in [3.05, 3.63) is 70.0 Å². The lowest BCUT2D eigenvalue weighted by atomic mass is 10.1. The Labute approximate surface area is 146 Å². The number of nitro groups is 1. The van der Waals surface area contributed by atoms with Crippen molar-refractivity contribution in [1.82, 2.24) is 14.8 Å². The molecule has 2 aromatic rings. The molecule has 0 aliphatic carbocycles. The first kappa shape index (κ1) is 17.0. The molecule has 1 aromatic carbocycles. The zero-order chi connectivity index (χ0) is 17.8. The molecule has 2 heterocycles. The second-order valence-electron chi connectivity index (χ2n) is 6.09. The number of piperazine rings is 1. The number of non-ortho nitro benzene ring substituents is 1. The van der Waals surface area contributed by atoms with Crippen LogP contribution < -0.4 is 0 Å². The molecular formula is C18H20N4O3. The first-order chi connectivity index (χ1) is 12.1. The minimum Gasteiger partial charge on any atom is -0.336 e. The molecule has 1 aliphatic rings. The van der Waals surface area contributed by atoms with E-state index in [1.165, 1.54) is 24.3 Å². The molecule has 0 radical (unpaired) electrons. The fraction of sp³-hybridized carbons (Fsp3) is 0.333. The molecule has 1 aromatic heterocycles. The number of aromatic nitrogens is 1. The number of carbonyl (C=O) groups excluding carboxylic acids is 1. The lowest BCUT2D eigenvalue weighted by Gasteiger charge is -2.38. The van der Waals surface area contributed by atoms with E-state index in [1.807, 2.05) is 12.3 Å². The Morgan fingerprint density at radius 3 is 2.40 bits per heavy atom. The molecule has 0 saturated carbocycles. The number of amides is 1. The van der Waals surface area contributed by atoms with Crippen molar-refractivity contribution >= 4 is 11.6 Å². The highest BCUT2D eigenvalue weighted by atomic mass is 16.6. The predicted octanol–water partition coefficient (Wildman–Crippen LogP) is 2.51. The van der Waals surface area contributed by atoms with Gasteiger partial charge >= 0.3 is 0 Å². The van der Waals surface area contributed by atoms with Gasteiger partial charge in [-0.05, 0) is 30.7 Å². The summed E-state index contributed by atoms with van der Waals surface area (Å²) in [6.07, 6.45) is 3.64. The van der Waals surface area contributed by atoms with E-state index in [9.17, 15) is 14.9 Å². The van der Waals surface area contributed by atoms with Gasteiger partial charge < -0.3 is 4.90 Å². The zero-order valence-electron chi connectivity index (χ0n) is 14.0. The summed E-state index contributed by atoms with van der Waals surface area (Å²) in [5, 5.41) is 10.7. The Hall–Kier alpha value is -2.80. The fourth-order valence-corrected chi connectivity index (χ4v) is 3.05. The fourth-order valence-electron chi connectivity index (χ4n) is 3.05. The summed E-state index contributed by atoms with van der Waals surface area (Å²) in [5.74, 6) is -0.0800. The van der Waals surface area contributed by atoms with Crippen molar-refractivity contribution in [2.24, 2.45) is 0 Å². The highest BCUT2D eigenvalue weighted by Gasteiger charge is 2.25. The number of pyridine rings is 1. The monoisotopic (exact) mass is 340 g/mol. The van der Waals surface area contributed by atoms with Gasteiger partial charge in [0.25, 0.3) is 11.6 Å². The van der Waals surface area contributed by atoms with Crippen LogP contribution in [0.4, 0.5) is 5.69 Å². The number of rotatable bonds is 4. The molecule has 7 nitrogen and oxygen atoms in total. The van der Waals surface area contributed by atoms with E-state index in [-0.39, 0.29) is 17.6 Å². The third-order valence-corrected chi connectivity index (χ3v) is 4.64. The van der Waals surface area contributed by atoms with Gasteiger partial charge in [0.2, 0.25) is 0 Å². The molecule has 0 N–H and O–H groups in total. The van der Waals surface area contributed by atoms with Gasteiger partial charge in [-0.2, -0.15) is 0 Å². The second-order valence-corrected chi connectivity index (χ2v) is 6.09. The highest BCUT2D eigenvalue weighted by Crippen LogP contribution is 2.21. The Bertz CT molecular complexity index is 741.